The molecule has 6 nitrogen and oxygen atoms in total. The zero-order valence-corrected chi connectivity index (χ0v) is 13.9. The molecule has 0 fully saturated rings. The maximum Gasteiger partial charge on any atom is 0.320 e. The number of carbonyl (C=O) groups is 2. The number of aliphatic hydroxyl groups excluding tert-OH is 1. The van der Waals surface area contributed by atoms with Crippen LogP contribution < -0.4 is 5.32 Å². The number of carboxylic acids is 1. The number of nitrogens with one attached hydrogen (secondary N) is 1. The summed E-state index contributed by atoms with van der Waals surface area (Å²) in [5.74, 6) is -0.948. The first-order valence-corrected chi connectivity index (χ1v) is 7.91. The highest BCUT2D eigenvalue weighted by Crippen LogP contribution is 2.02. The fourth-order valence-electron chi connectivity index (χ4n) is 2.08. The number of aliphatic carboxylic acids is 1. The Morgan fingerprint density at radius 2 is 1.95 bits per heavy atom. The van der Waals surface area contributed by atoms with Crippen molar-refractivity contribution < 1.29 is 19.8 Å². The van der Waals surface area contributed by atoms with Crippen LogP contribution in [0.4, 0.5) is 0 Å². The summed E-state index contributed by atoms with van der Waals surface area (Å²) in [6, 6.07) is -0.688. The van der Waals surface area contributed by atoms with Crippen LogP contribution in [0.1, 0.15) is 46.5 Å². The molecule has 3 N–H and O–H groups in total. The third kappa shape index (κ3) is 10.3. The van der Waals surface area contributed by atoms with Crippen LogP contribution in [0.5, 0.6) is 0 Å². The fraction of sp³-hybridized carbons (Fsp3) is 0.750. The maximum atomic E-state index is 11.7. The molecule has 0 rings (SSSR count). The highest BCUT2D eigenvalue weighted by atomic mass is 16.4. The van der Waals surface area contributed by atoms with Crippen LogP contribution in [0, 0.1) is 0 Å². The highest BCUT2D eigenvalue weighted by molar-refractivity contribution is 5.75. The lowest BCUT2D eigenvalue weighted by Gasteiger charge is -2.27. The van der Waals surface area contributed by atoms with Gasteiger partial charge < -0.3 is 15.5 Å². The van der Waals surface area contributed by atoms with Crippen LogP contribution in [0.25, 0.3) is 0 Å². The number of aliphatic hydroxyl groups is 1. The quantitative estimate of drug-likeness (QED) is 0.374. The van der Waals surface area contributed by atoms with E-state index >= 15 is 0 Å². The van der Waals surface area contributed by atoms with E-state index in [9.17, 15) is 14.7 Å². The average Bonchev–Trinajstić information content (AvgIpc) is 2.44. The van der Waals surface area contributed by atoms with Crippen molar-refractivity contribution in [1.82, 2.24) is 10.2 Å². The Kier molecular flexibility index (Phi) is 11.4. The van der Waals surface area contributed by atoms with E-state index in [1.54, 1.807) is 18.7 Å². The minimum atomic E-state index is -0.934. The van der Waals surface area contributed by atoms with Crippen molar-refractivity contribution in [3.05, 3.63) is 12.2 Å². The van der Waals surface area contributed by atoms with Crippen LogP contribution in [0.3, 0.4) is 0 Å². The lowest BCUT2D eigenvalue weighted by molar-refractivity contribution is -0.143. The van der Waals surface area contributed by atoms with E-state index in [4.69, 9.17) is 5.11 Å². The number of amides is 1. The number of hydrogen-bond donors (Lipinski definition) is 3. The molecule has 2 unspecified atom stereocenters. The SMILES string of the molecule is C/C=C/CCCCC(=O)NCCN(CC(C)O)C(C)C(=O)O. The van der Waals surface area contributed by atoms with Crippen LogP contribution >= 0.6 is 0 Å². The van der Waals surface area contributed by atoms with Crippen LogP contribution in [0.15, 0.2) is 12.2 Å². The lowest BCUT2D eigenvalue weighted by atomic mass is 10.2. The van der Waals surface area contributed by atoms with Gasteiger partial charge >= 0.3 is 5.97 Å². The molecule has 0 aliphatic carbocycles. The average molecular weight is 314 g/mol. The summed E-state index contributed by atoms with van der Waals surface area (Å²) in [6.45, 7) is 6.23. The van der Waals surface area contributed by atoms with Gasteiger partial charge in [-0.2, -0.15) is 0 Å². The van der Waals surface area contributed by atoms with Crippen molar-refractivity contribution >= 4 is 11.9 Å². The molecule has 0 heterocycles. The molecule has 0 saturated carbocycles. The monoisotopic (exact) mass is 314 g/mol. The van der Waals surface area contributed by atoms with Gasteiger partial charge in [0.25, 0.3) is 0 Å². The van der Waals surface area contributed by atoms with Crippen molar-refractivity contribution in [1.29, 1.82) is 0 Å². The van der Waals surface area contributed by atoms with E-state index in [2.05, 4.69) is 11.4 Å². The molecule has 0 aromatic heterocycles. The number of hydrogen-bond acceptors (Lipinski definition) is 4. The highest BCUT2D eigenvalue weighted by Gasteiger charge is 2.21. The summed E-state index contributed by atoms with van der Waals surface area (Å²) in [5.41, 5.74) is 0. The van der Waals surface area contributed by atoms with E-state index in [0.29, 0.717) is 19.5 Å². The fourth-order valence-corrected chi connectivity index (χ4v) is 2.08. The second-order valence-electron chi connectivity index (χ2n) is 5.52. The van der Waals surface area contributed by atoms with Gasteiger partial charge in [0.15, 0.2) is 0 Å². The number of rotatable bonds is 12. The second kappa shape index (κ2) is 12.2. The summed E-state index contributed by atoms with van der Waals surface area (Å²) >= 11 is 0. The zero-order valence-electron chi connectivity index (χ0n) is 13.9. The van der Waals surface area contributed by atoms with E-state index < -0.39 is 18.1 Å². The van der Waals surface area contributed by atoms with Crippen LogP contribution in [-0.4, -0.2) is 58.8 Å². The van der Waals surface area contributed by atoms with Crippen LogP contribution in [-0.2, 0) is 9.59 Å². The first-order valence-electron chi connectivity index (χ1n) is 7.91. The van der Waals surface area contributed by atoms with Crippen molar-refractivity contribution in [2.24, 2.45) is 0 Å². The molecule has 0 saturated heterocycles. The minimum absolute atomic E-state index is 0.0135. The molecule has 0 aromatic rings. The topological polar surface area (TPSA) is 89.9 Å². The summed E-state index contributed by atoms with van der Waals surface area (Å²) in [5, 5.41) is 21.3. The molecule has 128 valence electrons. The Morgan fingerprint density at radius 1 is 1.27 bits per heavy atom. The Hall–Kier alpha value is -1.40. The first-order chi connectivity index (χ1) is 10.4. The Labute approximate surface area is 133 Å². The normalized spacial score (nSPS) is 14.2. The Bertz CT molecular complexity index is 356. The lowest BCUT2D eigenvalue weighted by Crippen LogP contribution is -2.46. The number of allylic oxidation sites excluding steroid dienone is 2. The van der Waals surface area contributed by atoms with Gasteiger partial charge in [-0.3, -0.25) is 14.5 Å². The zero-order chi connectivity index (χ0) is 17.0. The molecule has 0 aliphatic heterocycles. The van der Waals surface area contributed by atoms with Gasteiger partial charge in [-0.1, -0.05) is 12.2 Å². The molecular weight excluding hydrogens is 284 g/mol. The van der Waals surface area contributed by atoms with E-state index in [1.807, 2.05) is 13.0 Å². The molecule has 0 bridgehead atoms. The van der Waals surface area contributed by atoms with Crippen molar-refractivity contribution in [3.8, 4) is 0 Å². The van der Waals surface area contributed by atoms with Gasteiger partial charge in [0.2, 0.25) is 5.91 Å². The smallest absolute Gasteiger partial charge is 0.320 e. The molecule has 0 radical (unpaired) electrons. The Morgan fingerprint density at radius 3 is 2.50 bits per heavy atom. The van der Waals surface area contributed by atoms with E-state index in [1.165, 1.54) is 0 Å². The minimum Gasteiger partial charge on any atom is -0.480 e. The van der Waals surface area contributed by atoms with Gasteiger partial charge in [-0.25, -0.2) is 0 Å². The number of unbranched alkanes of at least 4 members (excludes halogenated alkanes) is 2. The second-order valence-corrected chi connectivity index (χ2v) is 5.52. The van der Waals surface area contributed by atoms with Crippen molar-refractivity contribution in [3.63, 3.8) is 0 Å². The van der Waals surface area contributed by atoms with Crippen molar-refractivity contribution in [2.75, 3.05) is 19.6 Å². The van der Waals surface area contributed by atoms with Gasteiger partial charge in [0, 0.05) is 26.1 Å². The Balaban J connectivity index is 4.00. The third-order valence-corrected chi connectivity index (χ3v) is 3.39. The van der Waals surface area contributed by atoms with E-state index in [-0.39, 0.29) is 12.5 Å². The predicted molar refractivity (Wildman–Crippen MR) is 86.6 cm³/mol. The molecule has 0 aliphatic rings. The molecule has 2 atom stereocenters. The molecule has 1 amide bonds. The summed E-state index contributed by atoms with van der Waals surface area (Å²) in [4.78, 5) is 24.4. The van der Waals surface area contributed by atoms with E-state index in [0.717, 1.165) is 19.3 Å². The molecule has 6 heteroatoms. The largest absolute Gasteiger partial charge is 0.480 e. The molecule has 22 heavy (non-hydrogen) atoms. The van der Waals surface area contributed by atoms with Gasteiger partial charge in [0.1, 0.15) is 6.04 Å². The molecular formula is C16H30N2O4. The van der Waals surface area contributed by atoms with Gasteiger partial charge in [-0.15, -0.1) is 0 Å². The predicted octanol–water partition coefficient (Wildman–Crippen LogP) is 1.39. The first kappa shape index (κ1) is 20.6. The summed E-state index contributed by atoms with van der Waals surface area (Å²) < 4.78 is 0. The van der Waals surface area contributed by atoms with Crippen molar-refractivity contribution in [2.45, 2.75) is 58.6 Å². The summed E-state index contributed by atoms with van der Waals surface area (Å²) in [7, 11) is 0. The maximum absolute atomic E-state index is 11.7. The molecule has 0 spiro atoms. The van der Waals surface area contributed by atoms with Crippen LogP contribution in [0.2, 0.25) is 0 Å². The third-order valence-electron chi connectivity index (χ3n) is 3.39. The number of carboxylic acid groups (broad SMARTS) is 1. The van der Waals surface area contributed by atoms with Gasteiger partial charge in [0.05, 0.1) is 6.10 Å². The van der Waals surface area contributed by atoms with Gasteiger partial charge in [-0.05, 0) is 40.0 Å². The number of carbonyl (C=O) groups excluding carboxylic acids is 1. The summed E-state index contributed by atoms with van der Waals surface area (Å²) in [6.07, 6.45) is 6.79. The number of nitrogens with zero attached hydrogens (tertiary/aromatic N) is 1. The molecule has 0 aromatic carbocycles. The standard InChI is InChI=1S/C16H30N2O4/c1-4-5-6-7-8-9-15(20)17-10-11-18(12-13(2)19)14(3)16(21)22/h4-5,13-14,19H,6-12H2,1-3H3,(H,17,20)(H,21,22)/b5-4+.